The van der Waals surface area contributed by atoms with Gasteiger partial charge in [-0.1, -0.05) is 0 Å². The molecule has 0 aliphatic rings. The third-order valence-electron chi connectivity index (χ3n) is 6.55. The van der Waals surface area contributed by atoms with E-state index in [2.05, 4.69) is 98.9 Å². The summed E-state index contributed by atoms with van der Waals surface area (Å²) in [4.78, 5) is 0. The molecule has 0 spiro atoms. The van der Waals surface area contributed by atoms with Crippen molar-refractivity contribution in [2.75, 3.05) is 0 Å². The third-order valence-corrected chi connectivity index (χ3v) is 6.87. The van der Waals surface area contributed by atoms with Crippen molar-refractivity contribution in [1.29, 1.82) is 0 Å². The Balaban J connectivity index is 6.36. The van der Waals surface area contributed by atoms with Crippen molar-refractivity contribution in [3.05, 3.63) is 0 Å². The van der Waals surface area contributed by atoms with E-state index in [-0.39, 0.29) is 0 Å². The first-order valence-corrected chi connectivity index (χ1v) is 11.3. The molecule has 0 aromatic carbocycles. The maximum atomic E-state index is 5.72. The van der Waals surface area contributed by atoms with Gasteiger partial charge in [0.1, 0.15) is 0 Å². The van der Waals surface area contributed by atoms with Crippen molar-refractivity contribution in [1.82, 2.24) is 0 Å². The number of hydrogen-bond acceptors (Lipinski definition) is 1. The second-order valence-corrected chi connectivity index (χ2v) is 10.8. The summed E-state index contributed by atoms with van der Waals surface area (Å²) < 4.78 is 0. The van der Waals surface area contributed by atoms with E-state index < -0.39 is 0 Å². The molecule has 102 valence electrons. The Kier molecular flexibility index (Phi) is 13.2. The molecule has 0 aromatic heterocycles. The summed E-state index contributed by atoms with van der Waals surface area (Å²) in [5.74, 6) is 0. The van der Waals surface area contributed by atoms with E-state index >= 15 is 0 Å². The fourth-order valence-electron chi connectivity index (χ4n) is 6.18. The van der Waals surface area contributed by atoms with Gasteiger partial charge in [0.25, 0.3) is 0 Å². The first kappa shape index (κ1) is 26.8. The Hall–Kier alpha value is 1.78. The van der Waals surface area contributed by atoms with Crippen LogP contribution in [0.3, 0.4) is 0 Å². The minimum atomic E-state index is 0.527. The Bertz CT molecular complexity index is 320. The Labute approximate surface area is 180 Å². The summed E-state index contributed by atoms with van der Waals surface area (Å²) in [6.45, 7) is 0. The molecule has 0 rings (SSSR count). The van der Waals surface area contributed by atoms with Crippen LogP contribution >= 0.6 is 12.1 Å². The van der Waals surface area contributed by atoms with Crippen molar-refractivity contribution in [2.24, 2.45) is 0 Å². The van der Waals surface area contributed by atoms with Gasteiger partial charge in [0.2, 0.25) is 0 Å². The fourth-order valence-corrected chi connectivity index (χ4v) is 6.55. The van der Waals surface area contributed by atoms with Crippen LogP contribution in [0.15, 0.2) is 0 Å². The Morgan fingerprint density at radius 3 is 0.800 bits per heavy atom. The quantitative estimate of drug-likeness (QED) is 0.341. The van der Waals surface area contributed by atoms with Crippen molar-refractivity contribution in [3.8, 4) is 0 Å². The van der Waals surface area contributed by atoms with Crippen molar-refractivity contribution in [2.45, 2.75) is 0 Å². The molecule has 0 N–H and O–H groups in total. The average Bonchev–Trinajstić information content (AvgIpc) is 2.40. The van der Waals surface area contributed by atoms with Crippen molar-refractivity contribution >= 4 is 181 Å². The molecule has 0 saturated carbocycles. The van der Waals surface area contributed by atoms with Crippen LogP contribution in [0.25, 0.3) is 0 Å². The molecule has 0 bridgehead atoms. The standard InChI is InChI=1S/B24H24S/c1-14(2)21(15(3)4)20(13-25)24(22(16(5)6)17(7)8)23(18(9)10)19(11)12/h1-12H2. The predicted octanol–water partition coefficient (Wildman–Crippen LogP) is -14.9. The number of rotatable bonds is 11. The van der Waals surface area contributed by atoms with E-state index in [0.717, 1.165) is 12.8 Å². The van der Waals surface area contributed by atoms with Crippen LogP contribution in [0.1, 0.15) is 0 Å². The molecule has 0 heterocycles. The molecule has 0 unspecified atom stereocenters. The topological polar surface area (TPSA) is 0 Å². The maximum absolute atomic E-state index is 5.72. The van der Waals surface area contributed by atoms with Gasteiger partial charge in [0.15, 0.2) is 0 Å². The third kappa shape index (κ3) is 7.61. The van der Waals surface area contributed by atoms with Crippen molar-refractivity contribution < 1.29 is 0 Å². The van der Waals surface area contributed by atoms with Crippen LogP contribution in [0, 0.1) is 0 Å². The zero-order chi connectivity index (χ0) is 20.1. The van der Waals surface area contributed by atoms with Crippen LogP contribution in [-0.2, 0) is 0 Å². The molecule has 0 amide bonds. The van der Waals surface area contributed by atoms with Crippen LogP contribution in [0.4, 0.5) is 0 Å². The van der Waals surface area contributed by atoms with Gasteiger partial charge in [-0.15, -0.1) is 0 Å². The number of hydrogen-bond donors (Lipinski definition) is 0. The predicted molar refractivity (Wildman–Crippen MR) is 179 cm³/mol. The molecule has 0 aliphatic carbocycles. The molecule has 0 nitrogen and oxygen atoms in total. The van der Waals surface area contributed by atoms with Crippen molar-refractivity contribution in [3.63, 3.8) is 0 Å². The summed E-state index contributed by atoms with van der Waals surface area (Å²) in [5, 5.41) is 0. The molecule has 0 atom stereocenters. The summed E-state index contributed by atoms with van der Waals surface area (Å²) >= 11 is 5.72. The molecule has 0 aromatic rings. The first-order valence-electron chi connectivity index (χ1n) is 10.8. The van der Waals surface area contributed by atoms with Gasteiger partial charge < -0.3 is 0 Å². The van der Waals surface area contributed by atoms with E-state index in [1.807, 2.05) is 0 Å². The van der Waals surface area contributed by atoms with E-state index in [1.54, 1.807) is 0 Å². The Morgan fingerprint density at radius 1 is 0.400 bits per heavy atom. The molecule has 25 heavy (non-hydrogen) atoms. The van der Waals surface area contributed by atoms with E-state index in [9.17, 15) is 0 Å². The monoisotopic (exact) mass is 320 g/mol. The molecule has 25 heteroatoms. The van der Waals surface area contributed by atoms with Crippen LogP contribution in [0.2, 0.25) is 0 Å². The zero-order valence-corrected chi connectivity index (χ0v) is 20.2. The van der Waals surface area contributed by atoms with E-state index in [1.165, 1.54) is 0 Å². The molecule has 0 fully saturated rings. The molecule has 0 radical (unpaired) electrons. The van der Waals surface area contributed by atoms with E-state index in [4.69, 9.17) is 12.1 Å². The van der Waals surface area contributed by atoms with Gasteiger partial charge in [0.05, 0.1) is 0 Å². The van der Waals surface area contributed by atoms with Gasteiger partial charge in [-0.2, -0.15) is 0 Å². The first-order chi connectivity index (χ1) is 11.4. The van der Waals surface area contributed by atoms with Gasteiger partial charge >= 0.3 is 181 Å². The van der Waals surface area contributed by atoms with Gasteiger partial charge in [-0.25, -0.2) is 0 Å². The van der Waals surface area contributed by atoms with Crippen LogP contribution in [0.5, 0.6) is 0 Å². The fraction of sp³-hybridized carbons (Fsp3) is 0. The molecular weight excluding hydrogens is 292 g/mol. The minimum absolute atomic E-state index is 0.527. The Morgan fingerprint density at radius 2 is 0.640 bits per heavy atom. The second kappa shape index (κ2) is 12.4. The average molecular weight is 316 g/mol. The zero-order valence-electron chi connectivity index (χ0n) is 19.3. The van der Waals surface area contributed by atoms with Gasteiger partial charge in [-0.05, 0) is 0 Å². The second-order valence-electron chi connectivity index (χ2n) is 10.5. The summed E-state index contributed by atoms with van der Waals surface area (Å²) in [5.41, 5.74) is 0. The van der Waals surface area contributed by atoms with Crippen LogP contribution in [-0.4, -0.2) is 169 Å². The summed E-state index contributed by atoms with van der Waals surface area (Å²) in [7, 11) is 29.0. The van der Waals surface area contributed by atoms with Gasteiger partial charge in [-0.3, -0.25) is 0 Å². The molecule has 0 saturated heterocycles. The van der Waals surface area contributed by atoms with Gasteiger partial charge in [0, 0.05) is 0 Å². The molecular formula is H24B24S. The normalized spacial score (nSPS) is 9.12. The van der Waals surface area contributed by atoms with Crippen LogP contribution < -0.4 is 0 Å². The SMILES string of the molecule is BB(B)B(B(B)B)B(B=S)B(B(B(B)B)B(B)B)B(B(B)B)B(B)B. The molecule has 0 aliphatic heterocycles. The summed E-state index contributed by atoms with van der Waals surface area (Å²) in [6, 6.07) is 2.17. The van der Waals surface area contributed by atoms with E-state index in [0.29, 0.717) is 57.5 Å². The summed E-state index contributed by atoms with van der Waals surface area (Å²) in [6.07, 6.45) is 7.44.